The standard InChI is InChI=1S/C12H14N2O2/c1-8-6-11(16-7-12(13)15)9-4-2-3-5-10(9)14-8/h2-5,11H,6-7H2,1H3,(H2,13,15)/t11-/m1/s1. The zero-order valence-corrected chi connectivity index (χ0v) is 9.14. The van der Waals surface area contributed by atoms with Gasteiger partial charge in [0.2, 0.25) is 5.91 Å². The topological polar surface area (TPSA) is 64.7 Å². The van der Waals surface area contributed by atoms with Gasteiger partial charge < -0.3 is 10.5 Å². The second kappa shape index (κ2) is 4.45. The third-order valence-electron chi connectivity index (χ3n) is 2.50. The molecule has 0 saturated heterocycles. The van der Waals surface area contributed by atoms with Crippen molar-refractivity contribution in [3.05, 3.63) is 29.8 Å². The van der Waals surface area contributed by atoms with Gasteiger partial charge in [-0.1, -0.05) is 18.2 Å². The van der Waals surface area contributed by atoms with Crippen LogP contribution in [0.5, 0.6) is 0 Å². The highest BCUT2D eigenvalue weighted by atomic mass is 16.5. The van der Waals surface area contributed by atoms with Crippen LogP contribution in [0.25, 0.3) is 0 Å². The number of para-hydroxylation sites is 1. The van der Waals surface area contributed by atoms with Gasteiger partial charge in [-0.25, -0.2) is 0 Å². The summed E-state index contributed by atoms with van der Waals surface area (Å²) in [6.45, 7) is 1.91. The Labute approximate surface area is 94.1 Å². The minimum Gasteiger partial charge on any atom is -0.368 e. The van der Waals surface area contributed by atoms with Crippen molar-refractivity contribution in [1.82, 2.24) is 0 Å². The Morgan fingerprint density at radius 3 is 3.06 bits per heavy atom. The van der Waals surface area contributed by atoms with Gasteiger partial charge >= 0.3 is 0 Å². The molecule has 0 fully saturated rings. The number of hydrogen-bond donors (Lipinski definition) is 1. The number of carbonyl (C=O) groups excluding carboxylic acids is 1. The number of fused-ring (bicyclic) bond motifs is 1. The van der Waals surface area contributed by atoms with Crippen LogP contribution in [0.4, 0.5) is 5.69 Å². The van der Waals surface area contributed by atoms with Gasteiger partial charge in [0, 0.05) is 17.7 Å². The number of aliphatic imine (C=N–C) groups is 1. The van der Waals surface area contributed by atoms with Crippen LogP contribution in [0, 0.1) is 0 Å². The fraction of sp³-hybridized carbons (Fsp3) is 0.333. The van der Waals surface area contributed by atoms with Crippen LogP contribution in [0.2, 0.25) is 0 Å². The molecule has 4 nitrogen and oxygen atoms in total. The van der Waals surface area contributed by atoms with Crippen LogP contribution >= 0.6 is 0 Å². The van der Waals surface area contributed by atoms with E-state index in [1.807, 2.05) is 31.2 Å². The molecule has 0 aliphatic carbocycles. The fourth-order valence-corrected chi connectivity index (χ4v) is 1.82. The molecule has 1 heterocycles. The second-order valence-corrected chi connectivity index (χ2v) is 3.88. The van der Waals surface area contributed by atoms with Gasteiger partial charge in [-0.05, 0) is 13.0 Å². The van der Waals surface area contributed by atoms with Crippen LogP contribution < -0.4 is 5.73 Å². The highest BCUT2D eigenvalue weighted by molar-refractivity contribution is 5.87. The summed E-state index contributed by atoms with van der Waals surface area (Å²) < 4.78 is 5.49. The maximum absolute atomic E-state index is 10.7. The minimum atomic E-state index is -0.447. The van der Waals surface area contributed by atoms with Crippen LogP contribution in [0.3, 0.4) is 0 Å². The number of primary amides is 1. The van der Waals surface area contributed by atoms with Crippen molar-refractivity contribution in [2.24, 2.45) is 10.7 Å². The smallest absolute Gasteiger partial charge is 0.243 e. The first-order chi connectivity index (χ1) is 7.66. The third-order valence-corrected chi connectivity index (χ3v) is 2.50. The summed E-state index contributed by atoms with van der Waals surface area (Å²) in [6, 6.07) is 7.79. The Morgan fingerprint density at radius 2 is 2.31 bits per heavy atom. The molecule has 1 aromatic rings. The van der Waals surface area contributed by atoms with E-state index in [2.05, 4.69) is 4.99 Å². The summed E-state index contributed by atoms with van der Waals surface area (Å²) in [5.74, 6) is -0.447. The quantitative estimate of drug-likeness (QED) is 0.839. The summed E-state index contributed by atoms with van der Waals surface area (Å²) in [5, 5.41) is 0. The average Bonchev–Trinajstić information content (AvgIpc) is 2.25. The first-order valence-corrected chi connectivity index (χ1v) is 5.20. The van der Waals surface area contributed by atoms with E-state index in [-0.39, 0.29) is 12.7 Å². The predicted molar refractivity (Wildman–Crippen MR) is 61.7 cm³/mol. The number of carbonyl (C=O) groups is 1. The van der Waals surface area contributed by atoms with E-state index >= 15 is 0 Å². The lowest BCUT2D eigenvalue weighted by Crippen LogP contribution is -2.22. The third kappa shape index (κ3) is 2.28. The largest absolute Gasteiger partial charge is 0.368 e. The summed E-state index contributed by atoms with van der Waals surface area (Å²) >= 11 is 0. The van der Waals surface area contributed by atoms with Gasteiger partial charge in [-0.3, -0.25) is 9.79 Å². The van der Waals surface area contributed by atoms with Crippen LogP contribution in [0.15, 0.2) is 29.3 Å². The van der Waals surface area contributed by atoms with E-state index in [0.29, 0.717) is 6.42 Å². The highest BCUT2D eigenvalue weighted by Crippen LogP contribution is 2.34. The number of amides is 1. The zero-order valence-electron chi connectivity index (χ0n) is 9.14. The van der Waals surface area contributed by atoms with Crippen molar-refractivity contribution >= 4 is 17.3 Å². The second-order valence-electron chi connectivity index (χ2n) is 3.88. The first kappa shape index (κ1) is 10.8. The van der Waals surface area contributed by atoms with E-state index in [4.69, 9.17) is 10.5 Å². The maximum atomic E-state index is 10.7. The zero-order chi connectivity index (χ0) is 11.5. The van der Waals surface area contributed by atoms with E-state index in [9.17, 15) is 4.79 Å². The summed E-state index contributed by atoms with van der Waals surface area (Å²) in [4.78, 5) is 15.1. The Hall–Kier alpha value is -1.68. The molecule has 4 heteroatoms. The summed E-state index contributed by atoms with van der Waals surface area (Å²) in [6.07, 6.45) is 0.603. The molecule has 0 unspecified atom stereocenters. The molecule has 1 aliphatic heterocycles. The molecule has 1 aromatic carbocycles. The number of nitrogens with two attached hydrogens (primary N) is 1. The molecule has 0 aromatic heterocycles. The van der Waals surface area contributed by atoms with Crippen LogP contribution in [-0.4, -0.2) is 18.2 Å². The van der Waals surface area contributed by atoms with E-state index < -0.39 is 5.91 Å². The van der Waals surface area contributed by atoms with E-state index in [1.54, 1.807) is 0 Å². The van der Waals surface area contributed by atoms with Crippen molar-refractivity contribution in [3.8, 4) is 0 Å². The van der Waals surface area contributed by atoms with Gasteiger partial charge in [0.25, 0.3) is 0 Å². The van der Waals surface area contributed by atoms with Crippen LogP contribution in [-0.2, 0) is 9.53 Å². The van der Waals surface area contributed by atoms with E-state index in [1.165, 1.54) is 0 Å². The Bertz CT molecular complexity index is 440. The van der Waals surface area contributed by atoms with Crippen LogP contribution in [0.1, 0.15) is 25.0 Å². The molecule has 2 N–H and O–H groups in total. The molecule has 1 aliphatic rings. The van der Waals surface area contributed by atoms with Gasteiger partial charge in [-0.15, -0.1) is 0 Å². The summed E-state index contributed by atoms with van der Waals surface area (Å²) in [5.41, 5.74) is 8.02. The molecule has 0 spiro atoms. The Morgan fingerprint density at radius 1 is 1.56 bits per heavy atom. The average molecular weight is 218 g/mol. The fourth-order valence-electron chi connectivity index (χ4n) is 1.82. The molecule has 0 bridgehead atoms. The predicted octanol–water partition coefficient (Wildman–Crippen LogP) is 1.73. The lowest BCUT2D eigenvalue weighted by atomic mass is 9.99. The SMILES string of the molecule is CC1=Nc2ccccc2[C@H](OCC(N)=O)C1. The maximum Gasteiger partial charge on any atom is 0.243 e. The molecule has 0 saturated carbocycles. The molecular formula is C12H14N2O2. The van der Waals surface area contributed by atoms with Crippen molar-refractivity contribution < 1.29 is 9.53 Å². The van der Waals surface area contributed by atoms with Gasteiger partial charge in [0.1, 0.15) is 6.61 Å². The number of nitrogens with zero attached hydrogens (tertiary/aromatic N) is 1. The lowest BCUT2D eigenvalue weighted by molar-refractivity contribution is -0.124. The number of ether oxygens (including phenoxy) is 1. The van der Waals surface area contributed by atoms with E-state index in [0.717, 1.165) is 17.0 Å². The molecular weight excluding hydrogens is 204 g/mol. The number of rotatable bonds is 3. The van der Waals surface area contributed by atoms with Crippen molar-refractivity contribution in [3.63, 3.8) is 0 Å². The minimum absolute atomic E-state index is 0.0493. The van der Waals surface area contributed by atoms with Gasteiger partial charge in [0.05, 0.1) is 11.8 Å². The van der Waals surface area contributed by atoms with Gasteiger partial charge in [0.15, 0.2) is 0 Å². The normalized spacial score (nSPS) is 18.8. The molecule has 1 atom stereocenters. The molecule has 84 valence electrons. The van der Waals surface area contributed by atoms with Crippen molar-refractivity contribution in [2.75, 3.05) is 6.61 Å². The lowest BCUT2D eigenvalue weighted by Gasteiger charge is -2.23. The number of benzene rings is 1. The molecule has 2 rings (SSSR count). The molecule has 16 heavy (non-hydrogen) atoms. The molecule has 1 amide bonds. The summed E-state index contributed by atoms with van der Waals surface area (Å²) in [7, 11) is 0. The Balaban J connectivity index is 2.22. The highest BCUT2D eigenvalue weighted by Gasteiger charge is 2.21. The van der Waals surface area contributed by atoms with Crippen molar-refractivity contribution in [1.29, 1.82) is 0 Å². The molecule has 0 radical (unpaired) electrons. The Kier molecular flexibility index (Phi) is 3.01. The monoisotopic (exact) mass is 218 g/mol. The number of hydrogen-bond acceptors (Lipinski definition) is 3. The van der Waals surface area contributed by atoms with Gasteiger partial charge in [-0.2, -0.15) is 0 Å². The first-order valence-electron chi connectivity index (χ1n) is 5.20. The van der Waals surface area contributed by atoms with Crippen molar-refractivity contribution in [2.45, 2.75) is 19.4 Å².